The topological polar surface area (TPSA) is 61.6 Å². The fourth-order valence-electron chi connectivity index (χ4n) is 2.30. The highest BCUT2D eigenvalue weighted by Gasteiger charge is 2.17. The van der Waals surface area contributed by atoms with Gasteiger partial charge in [0.2, 0.25) is 0 Å². The second-order valence-electron chi connectivity index (χ2n) is 4.80. The third-order valence-electron chi connectivity index (χ3n) is 3.34. The lowest BCUT2D eigenvalue weighted by Crippen LogP contribution is -2.34. The van der Waals surface area contributed by atoms with Gasteiger partial charge in [0.25, 0.3) is 0 Å². The van der Waals surface area contributed by atoms with E-state index in [0.29, 0.717) is 0 Å². The van der Waals surface area contributed by atoms with Crippen molar-refractivity contribution in [3.05, 3.63) is 18.2 Å². The number of nitrogens with zero attached hydrogens (tertiary/aromatic N) is 4. The minimum absolute atomic E-state index is 0.152. The van der Waals surface area contributed by atoms with E-state index in [1.165, 1.54) is 5.69 Å². The summed E-state index contributed by atoms with van der Waals surface area (Å²) in [5.74, 6) is -0.741. The van der Waals surface area contributed by atoms with Gasteiger partial charge in [-0.15, -0.1) is 0 Å². The zero-order valence-electron chi connectivity index (χ0n) is 10.7. The third-order valence-corrected chi connectivity index (χ3v) is 3.34. The summed E-state index contributed by atoms with van der Waals surface area (Å²) in [7, 11) is 2.00. The summed E-state index contributed by atoms with van der Waals surface area (Å²) in [6, 6.07) is 0. The van der Waals surface area contributed by atoms with Crippen LogP contribution in [0.4, 0.5) is 0 Å². The molecule has 1 aliphatic heterocycles. The van der Waals surface area contributed by atoms with Crippen molar-refractivity contribution in [1.29, 1.82) is 0 Å². The van der Waals surface area contributed by atoms with E-state index in [1.807, 2.05) is 29.0 Å². The maximum Gasteiger partial charge on any atom is 0.317 e. The predicted molar refractivity (Wildman–Crippen MR) is 67.2 cm³/mol. The van der Waals surface area contributed by atoms with Gasteiger partial charge in [-0.25, -0.2) is 4.98 Å². The van der Waals surface area contributed by atoms with E-state index in [-0.39, 0.29) is 6.54 Å². The molecule has 2 heterocycles. The normalized spacial score (nSPS) is 18.7. The molecule has 0 atom stereocenters. The second kappa shape index (κ2) is 5.97. The number of hydrogen-bond acceptors (Lipinski definition) is 4. The number of rotatable bonds is 4. The lowest BCUT2D eigenvalue weighted by Gasteiger charge is -2.20. The zero-order valence-corrected chi connectivity index (χ0v) is 10.7. The highest BCUT2D eigenvalue weighted by atomic mass is 16.4. The van der Waals surface area contributed by atoms with Crippen LogP contribution in [-0.2, 0) is 18.4 Å². The van der Waals surface area contributed by atoms with Crippen molar-refractivity contribution >= 4 is 5.97 Å². The Labute approximate surface area is 107 Å². The van der Waals surface area contributed by atoms with Crippen molar-refractivity contribution in [2.75, 3.05) is 32.7 Å². The molecular formula is C12H20N4O2. The van der Waals surface area contributed by atoms with E-state index in [1.54, 1.807) is 0 Å². The van der Waals surface area contributed by atoms with Crippen molar-refractivity contribution in [2.45, 2.75) is 13.0 Å². The number of carbonyl (C=O) groups is 1. The van der Waals surface area contributed by atoms with E-state index in [9.17, 15) is 4.79 Å². The summed E-state index contributed by atoms with van der Waals surface area (Å²) < 4.78 is 2.03. The third kappa shape index (κ3) is 3.54. The maximum absolute atomic E-state index is 10.7. The Morgan fingerprint density at radius 2 is 2.06 bits per heavy atom. The molecule has 1 fully saturated rings. The van der Waals surface area contributed by atoms with Crippen LogP contribution < -0.4 is 0 Å². The average molecular weight is 252 g/mol. The highest BCUT2D eigenvalue weighted by molar-refractivity contribution is 5.69. The van der Waals surface area contributed by atoms with Gasteiger partial charge in [-0.2, -0.15) is 0 Å². The molecule has 1 N–H and O–H groups in total. The van der Waals surface area contributed by atoms with Crippen LogP contribution in [0.5, 0.6) is 0 Å². The Bertz CT molecular complexity index is 405. The molecule has 0 unspecified atom stereocenters. The number of aliphatic carboxylic acids is 1. The smallest absolute Gasteiger partial charge is 0.317 e. The van der Waals surface area contributed by atoms with Crippen LogP contribution in [0.25, 0.3) is 0 Å². The van der Waals surface area contributed by atoms with Gasteiger partial charge in [-0.05, 0) is 13.0 Å². The van der Waals surface area contributed by atoms with Gasteiger partial charge in [-0.3, -0.25) is 14.6 Å². The number of aromatic nitrogens is 2. The number of imidazole rings is 1. The molecule has 6 nitrogen and oxygen atoms in total. The lowest BCUT2D eigenvalue weighted by atomic mass is 10.3. The Kier molecular flexibility index (Phi) is 4.33. The fourth-order valence-corrected chi connectivity index (χ4v) is 2.30. The highest BCUT2D eigenvalue weighted by Crippen LogP contribution is 2.08. The van der Waals surface area contributed by atoms with Crippen molar-refractivity contribution in [3.63, 3.8) is 0 Å². The number of aryl methyl sites for hydroxylation is 1. The maximum atomic E-state index is 10.7. The summed E-state index contributed by atoms with van der Waals surface area (Å²) in [5.41, 5.74) is 1.20. The van der Waals surface area contributed by atoms with Gasteiger partial charge < -0.3 is 9.67 Å². The van der Waals surface area contributed by atoms with E-state index < -0.39 is 5.97 Å². The molecule has 2 rings (SSSR count). The molecule has 18 heavy (non-hydrogen) atoms. The van der Waals surface area contributed by atoms with E-state index in [4.69, 9.17) is 5.11 Å². The Hall–Kier alpha value is -1.40. The van der Waals surface area contributed by atoms with Gasteiger partial charge in [0, 0.05) is 39.4 Å². The number of hydrogen-bond donors (Lipinski definition) is 1. The first-order valence-electron chi connectivity index (χ1n) is 6.27. The van der Waals surface area contributed by atoms with Gasteiger partial charge in [0.05, 0.1) is 18.6 Å². The molecule has 1 saturated heterocycles. The first-order valence-corrected chi connectivity index (χ1v) is 6.27. The molecule has 0 aliphatic carbocycles. The first-order chi connectivity index (χ1) is 8.65. The Morgan fingerprint density at radius 1 is 1.33 bits per heavy atom. The molecule has 6 heteroatoms. The lowest BCUT2D eigenvalue weighted by molar-refractivity contribution is -0.138. The summed E-state index contributed by atoms with van der Waals surface area (Å²) in [4.78, 5) is 19.2. The van der Waals surface area contributed by atoms with Crippen LogP contribution in [0.1, 0.15) is 12.1 Å². The Morgan fingerprint density at radius 3 is 2.72 bits per heavy atom. The largest absolute Gasteiger partial charge is 0.480 e. The van der Waals surface area contributed by atoms with Crippen LogP contribution in [0, 0.1) is 0 Å². The molecule has 0 spiro atoms. The minimum atomic E-state index is -0.741. The van der Waals surface area contributed by atoms with Gasteiger partial charge >= 0.3 is 5.97 Å². The fraction of sp³-hybridized carbons (Fsp3) is 0.667. The van der Waals surface area contributed by atoms with Gasteiger partial charge in [0.15, 0.2) is 0 Å². The molecule has 1 aromatic heterocycles. The van der Waals surface area contributed by atoms with Crippen molar-refractivity contribution < 1.29 is 9.90 Å². The summed E-state index contributed by atoms with van der Waals surface area (Å²) in [5, 5.41) is 8.80. The van der Waals surface area contributed by atoms with E-state index in [2.05, 4.69) is 9.88 Å². The molecule has 0 radical (unpaired) electrons. The van der Waals surface area contributed by atoms with Gasteiger partial charge in [0.1, 0.15) is 0 Å². The summed E-state index contributed by atoms with van der Waals surface area (Å²) >= 11 is 0. The monoisotopic (exact) mass is 252 g/mol. The molecule has 0 saturated carbocycles. The van der Waals surface area contributed by atoms with Crippen molar-refractivity contribution in [1.82, 2.24) is 19.4 Å². The van der Waals surface area contributed by atoms with Crippen LogP contribution >= 0.6 is 0 Å². The summed E-state index contributed by atoms with van der Waals surface area (Å²) in [6.07, 6.45) is 4.72. The molecule has 0 amide bonds. The number of carboxylic acid groups (broad SMARTS) is 1. The van der Waals surface area contributed by atoms with E-state index in [0.717, 1.165) is 39.1 Å². The molecule has 100 valence electrons. The van der Waals surface area contributed by atoms with Crippen LogP contribution in [-0.4, -0.2) is 63.2 Å². The molecule has 0 aromatic carbocycles. The zero-order chi connectivity index (χ0) is 13.0. The molecule has 1 aliphatic rings. The van der Waals surface area contributed by atoms with E-state index >= 15 is 0 Å². The average Bonchev–Trinajstić information content (AvgIpc) is 2.58. The molecule has 0 bridgehead atoms. The SMILES string of the molecule is Cn1cncc1CN1CCCN(CC(=O)O)CC1. The van der Waals surface area contributed by atoms with Crippen molar-refractivity contribution in [2.24, 2.45) is 7.05 Å². The number of carboxylic acids is 1. The molecular weight excluding hydrogens is 232 g/mol. The van der Waals surface area contributed by atoms with Crippen LogP contribution in [0.3, 0.4) is 0 Å². The Balaban J connectivity index is 1.85. The van der Waals surface area contributed by atoms with Crippen LogP contribution in [0.2, 0.25) is 0 Å². The minimum Gasteiger partial charge on any atom is -0.480 e. The van der Waals surface area contributed by atoms with Gasteiger partial charge in [-0.1, -0.05) is 0 Å². The first kappa shape index (κ1) is 13.0. The van der Waals surface area contributed by atoms with Crippen molar-refractivity contribution in [3.8, 4) is 0 Å². The second-order valence-corrected chi connectivity index (χ2v) is 4.80. The summed E-state index contributed by atoms with van der Waals surface area (Å²) in [6.45, 7) is 4.66. The standard InChI is InChI=1S/C12H20N4O2/c1-14-10-13-7-11(14)8-15-3-2-4-16(6-5-15)9-12(17)18/h7,10H,2-6,8-9H2,1H3,(H,17,18). The van der Waals surface area contributed by atoms with Crippen LogP contribution in [0.15, 0.2) is 12.5 Å². The predicted octanol–water partition coefficient (Wildman–Crippen LogP) is 0.0124. The molecule has 1 aromatic rings. The quantitative estimate of drug-likeness (QED) is 0.818.